The Labute approximate surface area is 160 Å². The zero-order valence-electron chi connectivity index (χ0n) is 14.1. The van der Waals surface area contributed by atoms with Crippen molar-refractivity contribution >= 4 is 33.2 Å². The van der Waals surface area contributed by atoms with Gasteiger partial charge in [0.2, 0.25) is 5.89 Å². The standard InChI is InChI=1S/C17H15ClN4O4S/c1-11-20-16(26-21-11)10-19-17(23)12-3-2-4-15(9-12)27(24,25)22-14-7-5-13(18)6-8-14/h2-9,22H,10H2,1H3,(H,19,23). The predicted octanol–water partition coefficient (Wildman–Crippen LogP) is 2.76. The van der Waals surface area contributed by atoms with Crippen LogP contribution in [0.5, 0.6) is 0 Å². The maximum atomic E-state index is 12.5. The highest BCUT2D eigenvalue weighted by Gasteiger charge is 2.17. The number of aromatic nitrogens is 2. The van der Waals surface area contributed by atoms with Gasteiger partial charge in [0.25, 0.3) is 15.9 Å². The number of benzene rings is 2. The molecule has 0 saturated heterocycles. The lowest BCUT2D eigenvalue weighted by Crippen LogP contribution is -2.23. The number of amides is 1. The molecule has 3 aromatic rings. The van der Waals surface area contributed by atoms with E-state index in [0.717, 1.165) is 0 Å². The zero-order chi connectivity index (χ0) is 19.4. The molecule has 0 aliphatic heterocycles. The van der Waals surface area contributed by atoms with Gasteiger partial charge < -0.3 is 9.84 Å². The molecule has 0 bridgehead atoms. The van der Waals surface area contributed by atoms with E-state index in [4.69, 9.17) is 16.1 Å². The summed E-state index contributed by atoms with van der Waals surface area (Å²) in [6, 6.07) is 11.9. The fourth-order valence-electron chi connectivity index (χ4n) is 2.21. The van der Waals surface area contributed by atoms with Crippen molar-refractivity contribution in [1.29, 1.82) is 0 Å². The number of anilines is 1. The van der Waals surface area contributed by atoms with Gasteiger partial charge in [-0.1, -0.05) is 22.8 Å². The topological polar surface area (TPSA) is 114 Å². The average molecular weight is 407 g/mol. The van der Waals surface area contributed by atoms with E-state index < -0.39 is 15.9 Å². The van der Waals surface area contributed by atoms with Crippen LogP contribution in [-0.2, 0) is 16.6 Å². The Morgan fingerprint density at radius 1 is 1.19 bits per heavy atom. The second-order valence-corrected chi connectivity index (χ2v) is 7.68. The summed E-state index contributed by atoms with van der Waals surface area (Å²) in [6.07, 6.45) is 0. The van der Waals surface area contributed by atoms with E-state index >= 15 is 0 Å². The van der Waals surface area contributed by atoms with Crippen molar-refractivity contribution in [1.82, 2.24) is 15.5 Å². The molecule has 1 aromatic heterocycles. The smallest absolute Gasteiger partial charge is 0.261 e. The van der Waals surface area contributed by atoms with Crippen LogP contribution in [-0.4, -0.2) is 24.5 Å². The number of rotatable bonds is 6. The summed E-state index contributed by atoms with van der Waals surface area (Å²) in [5.41, 5.74) is 0.547. The van der Waals surface area contributed by atoms with Crippen LogP contribution in [0.1, 0.15) is 22.1 Å². The van der Waals surface area contributed by atoms with Crippen LogP contribution >= 0.6 is 11.6 Å². The molecular formula is C17H15ClN4O4S. The minimum atomic E-state index is -3.86. The molecule has 140 valence electrons. The summed E-state index contributed by atoms with van der Waals surface area (Å²) >= 11 is 5.79. The average Bonchev–Trinajstić information content (AvgIpc) is 3.07. The van der Waals surface area contributed by atoms with Crippen LogP contribution in [0.15, 0.2) is 57.9 Å². The van der Waals surface area contributed by atoms with Crippen molar-refractivity contribution < 1.29 is 17.7 Å². The van der Waals surface area contributed by atoms with Gasteiger partial charge in [-0.3, -0.25) is 9.52 Å². The van der Waals surface area contributed by atoms with Crippen molar-refractivity contribution in [2.24, 2.45) is 0 Å². The molecule has 0 aliphatic carbocycles. The molecule has 0 aliphatic rings. The van der Waals surface area contributed by atoms with Gasteiger partial charge in [0.15, 0.2) is 5.82 Å². The van der Waals surface area contributed by atoms with Gasteiger partial charge in [-0.05, 0) is 49.4 Å². The van der Waals surface area contributed by atoms with E-state index in [9.17, 15) is 13.2 Å². The van der Waals surface area contributed by atoms with Crippen LogP contribution in [0.4, 0.5) is 5.69 Å². The molecule has 0 radical (unpaired) electrons. The number of nitrogens with zero attached hydrogens (tertiary/aromatic N) is 2. The SMILES string of the molecule is Cc1noc(CNC(=O)c2cccc(S(=O)(=O)Nc3ccc(Cl)cc3)c2)n1. The van der Waals surface area contributed by atoms with Gasteiger partial charge in [0, 0.05) is 16.3 Å². The molecular weight excluding hydrogens is 392 g/mol. The molecule has 8 nitrogen and oxygen atoms in total. The van der Waals surface area contributed by atoms with E-state index in [1.165, 1.54) is 24.3 Å². The van der Waals surface area contributed by atoms with Crippen molar-refractivity contribution in [3.63, 3.8) is 0 Å². The van der Waals surface area contributed by atoms with Crippen LogP contribution in [0.25, 0.3) is 0 Å². The number of carbonyl (C=O) groups is 1. The van der Waals surface area contributed by atoms with Gasteiger partial charge >= 0.3 is 0 Å². The van der Waals surface area contributed by atoms with Gasteiger partial charge in [0.05, 0.1) is 11.4 Å². The molecule has 0 spiro atoms. The van der Waals surface area contributed by atoms with Crippen molar-refractivity contribution in [3.05, 3.63) is 70.8 Å². The minimum absolute atomic E-state index is 0.0413. The van der Waals surface area contributed by atoms with E-state index in [2.05, 4.69) is 20.2 Å². The highest BCUT2D eigenvalue weighted by atomic mass is 35.5. The van der Waals surface area contributed by atoms with Crippen LogP contribution in [0.3, 0.4) is 0 Å². The number of aryl methyl sites for hydroxylation is 1. The number of sulfonamides is 1. The highest BCUT2D eigenvalue weighted by Crippen LogP contribution is 2.19. The predicted molar refractivity (Wildman–Crippen MR) is 98.9 cm³/mol. The van der Waals surface area contributed by atoms with Crippen LogP contribution < -0.4 is 10.0 Å². The second-order valence-electron chi connectivity index (χ2n) is 5.56. The zero-order valence-corrected chi connectivity index (χ0v) is 15.7. The maximum Gasteiger partial charge on any atom is 0.261 e. The Bertz CT molecular complexity index is 1060. The van der Waals surface area contributed by atoms with E-state index in [1.807, 2.05) is 0 Å². The number of hydrogen-bond donors (Lipinski definition) is 2. The molecule has 1 heterocycles. The third kappa shape index (κ3) is 4.83. The summed E-state index contributed by atoms with van der Waals surface area (Å²) in [6.45, 7) is 1.70. The minimum Gasteiger partial charge on any atom is -0.343 e. The first-order valence-corrected chi connectivity index (χ1v) is 9.65. The number of carbonyl (C=O) groups excluding carboxylic acids is 1. The summed E-state index contributed by atoms with van der Waals surface area (Å²) in [5.74, 6) is 0.254. The number of hydrogen-bond acceptors (Lipinski definition) is 6. The Balaban J connectivity index is 1.73. The van der Waals surface area contributed by atoms with E-state index in [1.54, 1.807) is 31.2 Å². The second kappa shape index (κ2) is 7.77. The monoisotopic (exact) mass is 406 g/mol. The molecule has 10 heteroatoms. The quantitative estimate of drug-likeness (QED) is 0.650. The summed E-state index contributed by atoms with van der Waals surface area (Å²) < 4.78 is 32.4. The Morgan fingerprint density at radius 2 is 1.93 bits per heavy atom. The normalized spacial score (nSPS) is 11.2. The van der Waals surface area contributed by atoms with Crippen molar-refractivity contribution in [2.45, 2.75) is 18.4 Å². The third-order valence-electron chi connectivity index (χ3n) is 3.47. The molecule has 3 rings (SSSR count). The molecule has 0 unspecified atom stereocenters. The van der Waals surface area contributed by atoms with Gasteiger partial charge in [-0.15, -0.1) is 0 Å². The highest BCUT2D eigenvalue weighted by molar-refractivity contribution is 7.92. The Morgan fingerprint density at radius 3 is 2.59 bits per heavy atom. The lowest BCUT2D eigenvalue weighted by atomic mass is 10.2. The first-order valence-electron chi connectivity index (χ1n) is 7.79. The van der Waals surface area contributed by atoms with Gasteiger partial charge in [0.1, 0.15) is 0 Å². The molecule has 0 fully saturated rings. The first kappa shape index (κ1) is 18.9. The molecule has 0 saturated carbocycles. The Kier molecular flexibility index (Phi) is 5.43. The first-order chi connectivity index (χ1) is 12.8. The molecule has 2 N–H and O–H groups in total. The molecule has 2 aromatic carbocycles. The third-order valence-corrected chi connectivity index (χ3v) is 5.10. The number of nitrogens with one attached hydrogen (secondary N) is 2. The lowest BCUT2D eigenvalue weighted by Gasteiger charge is -2.09. The number of halogens is 1. The summed E-state index contributed by atoms with van der Waals surface area (Å²) in [7, 11) is -3.86. The summed E-state index contributed by atoms with van der Waals surface area (Å²) in [4.78, 5) is 16.2. The van der Waals surface area contributed by atoms with Crippen LogP contribution in [0.2, 0.25) is 5.02 Å². The van der Waals surface area contributed by atoms with Crippen LogP contribution in [0, 0.1) is 6.92 Å². The Hall–Kier alpha value is -2.91. The van der Waals surface area contributed by atoms with Gasteiger partial charge in [-0.2, -0.15) is 4.98 Å². The largest absolute Gasteiger partial charge is 0.343 e. The van der Waals surface area contributed by atoms with Gasteiger partial charge in [-0.25, -0.2) is 8.42 Å². The fraction of sp³-hybridized carbons (Fsp3) is 0.118. The molecule has 1 amide bonds. The summed E-state index contributed by atoms with van der Waals surface area (Å²) in [5, 5.41) is 6.72. The lowest BCUT2D eigenvalue weighted by molar-refractivity contribution is 0.0946. The van der Waals surface area contributed by atoms with Crippen molar-refractivity contribution in [3.8, 4) is 0 Å². The maximum absolute atomic E-state index is 12.5. The van der Waals surface area contributed by atoms with E-state index in [-0.39, 0.29) is 22.9 Å². The molecule has 0 atom stereocenters. The molecule has 27 heavy (non-hydrogen) atoms. The van der Waals surface area contributed by atoms with E-state index in [0.29, 0.717) is 16.5 Å². The fourth-order valence-corrected chi connectivity index (χ4v) is 3.44. The van der Waals surface area contributed by atoms with Crippen molar-refractivity contribution in [2.75, 3.05) is 4.72 Å².